The van der Waals surface area contributed by atoms with E-state index in [9.17, 15) is 0 Å². The number of aliphatic imine (C=N–C) groups is 1. The molecule has 4 heteroatoms. The first-order chi connectivity index (χ1) is 12.2. The van der Waals surface area contributed by atoms with Gasteiger partial charge in [-0.3, -0.25) is 9.80 Å². The number of unbranched alkanes of at least 4 members (excludes halogenated alkanes) is 4. The highest BCUT2D eigenvalue weighted by molar-refractivity contribution is 6.04. The number of para-hydroxylation sites is 1. The number of hydrogen-bond donors (Lipinski definition) is 2. The van der Waals surface area contributed by atoms with Crippen LogP contribution >= 0.6 is 0 Å². The van der Waals surface area contributed by atoms with Crippen LogP contribution in [-0.2, 0) is 0 Å². The quantitative estimate of drug-likeness (QED) is 0.502. The average Bonchev–Trinajstić information content (AvgIpc) is 2.63. The van der Waals surface area contributed by atoms with Crippen molar-refractivity contribution in [2.45, 2.75) is 59.2 Å². The molecule has 2 rings (SSSR count). The summed E-state index contributed by atoms with van der Waals surface area (Å²) < 4.78 is 0.919. The van der Waals surface area contributed by atoms with Crippen molar-refractivity contribution in [3.63, 3.8) is 0 Å². The van der Waals surface area contributed by atoms with Gasteiger partial charge in [0.2, 0.25) is 6.29 Å². The van der Waals surface area contributed by atoms with Gasteiger partial charge < -0.3 is 5.32 Å². The summed E-state index contributed by atoms with van der Waals surface area (Å²) in [6.45, 7) is 9.00. The molecule has 1 aliphatic heterocycles. The predicted octanol–water partition coefficient (Wildman–Crippen LogP) is 4.72. The van der Waals surface area contributed by atoms with Gasteiger partial charge in [0.05, 0.1) is 13.1 Å². The molecular formula is C21H35N4+. The number of nitrogens with one attached hydrogen (secondary N) is 2. The number of anilines is 1. The van der Waals surface area contributed by atoms with Gasteiger partial charge in [0.15, 0.2) is 0 Å². The number of quaternary nitrogens is 1. The maximum absolute atomic E-state index is 4.98. The van der Waals surface area contributed by atoms with Crippen LogP contribution in [0.15, 0.2) is 47.1 Å². The van der Waals surface area contributed by atoms with Gasteiger partial charge in [-0.2, -0.15) is 4.99 Å². The lowest BCUT2D eigenvalue weighted by Crippen LogP contribution is -2.60. The third-order valence-electron chi connectivity index (χ3n) is 5.31. The molecule has 1 heterocycles. The number of nitrogens with zero attached hydrogens (tertiary/aromatic N) is 2. The first kappa shape index (κ1) is 19.7. The number of hydrogen-bond acceptors (Lipinski definition) is 3. The van der Waals surface area contributed by atoms with Crippen LogP contribution in [0.5, 0.6) is 0 Å². The molecule has 0 aromatic heterocycles. The lowest BCUT2D eigenvalue weighted by molar-refractivity contribution is -0.918. The van der Waals surface area contributed by atoms with Crippen molar-refractivity contribution in [1.82, 2.24) is 5.32 Å². The summed E-state index contributed by atoms with van der Waals surface area (Å²) in [5.41, 5.74) is 2.46. The zero-order chi connectivity index (χ0) is 18.1. The van der Waals surface area contributed by atoms with E-state index in [0.717, 1.165) is 29.1 Å². The van der Waals surface area contributed by atoms with Crippen LogP contribution in [0.25, 0.3) is 0 Å². The van der Waals surface area contributed by atoms with Crippen LogP contribution in [-0.4, -0.2) is 36.7 Å². The Hall–Kier alpha value is -1.65. The topological polar surface area (TPSA) is 36.4 Å². The lowest BCUT2D eigenvalue weighted by Gasteiger charge is -2.44. The molecule has 0 saturated carbocycles. The Balaban J connectivity index is 2.10. The minimum absolute atomic E-state index is 0.0763. The van der Waals surface area contributed by atoms with E-state index in [4.69, 9.17) is 4.99 Å². The molecule has 2 N–H and O–H groups in total. The van der Waals surface area contributed by atoms with Crippen LogP contribution in [0.4, 0.5) is 5.69 Å². The predicted molar refractivity (Wildman–Crippen MR) is 109 cm³/mol. The zero-order valence-electron chi connectivity index (χ0n) is 16.4. The largest absolute Gasteiger partial charge is 0.340 e. The van der Waals surface area contributed by atoms with Crippen molar-refractivity contribution in [1.29, 1.82) is 0 Å². The highest BCUT2D eigenvalue weighted by atomic mass is 15.5. The lowest BCUT2D eigenvalue weighted by atomic mass is 10.1. The van der Waals surface area contributed by atoms with Crippen LogP contribution in [0.2, 0.25) is 0 Å². The molecule has 2 atom stereocenters. The molecule has 138 valence electrons. The second kappa shape index (κ2) is 9.73. The minimum Gasteiger partial charge on any atom is -0.340 e. The van der Waals surface area contributed by atoms with Crippen molar-refractivity contribution in [2.24, 2.45) is 4.99 Å². The fraction of sp³-hybridized carbons (Fsp3) is 0.571. The van der Waals surface area contributed by atoms with Gasteiger partial charge in [0.1, 0.15) is 11.5 Å². The Kier molecular flexibility index (Phi) is 7.66. The molecule has 4 nitrogen and oxygen atoms in total. The van der Waals surface area contributed by atoms with E-state index < -0.39 is 0 Å². The summed E-state index contributed by atoms with van der Waals surface area (Å²) in [5, 5.41) is 6.89. The third kappa shape index (κ3) is 4.93. The van der Waals surface area contributed by atoms with Gasteiger partial charge in [0.25, 0.3) is 0 Å². The van der Waals surface area contributed by atoms with E-state index in [2.05, 4.69) is 49.6 Å². The zero-order valence-corrected chi connectivity index (χ0v) is 16.4. The molecule has 0 amide bonds. The Morgan fingerprint density at radius 1 is 1.04 bits per heavy atom. The Morgan fingerprint density at radius 3 is 2.40 bits per heavy atom. The maximum Gasteiger partial charge on any atom is 0.246 e. The fourth-order valence-electron chi connectivity index (χ4n) is 3.72. The minimum atomic E-state index is 0.0763. The monoisotopic (exact) mass is 343 g/mol. The first-order valence-electron chi connectivity index (χ1n) is 9.79. The van der Waals surface area contributed by atoms with E-state index in [1.807, 2.05) is 25.2 Å². The van der Waals surface area contributed by atoms with E-state index in [0.29, 0.717) is 0 Å². The number of allylic oxidation sites excluding steroid dienone is 1. The second-order valence-corrected chi connectivity index (χ2v) is 6.94. The summed E-state index contributed by atoms with van der Waals surface area (Å²) in [6.07, 6.45) is 8.86. The fourth-order valence-corrected chi connectivity index (χ4v) is 3.72. The van der Waals surface area contributed by atoms with Gasteiger partial charge in [-0.15, -0.1) is 0 Å². The number of amidine groups is 1. The van der Waals surface area contributed by atoms with Crippen LogP contribution in [0, 0.1) is 0 Å². The molecule has 1 aromatic carbocycles. The second-order valence-electron chi connectivity index (χ2n) is 6.94. The summed E-state index contributed by atoms with van der Waals surface area (Å²) in [6, 6.07) is 10.3. The molecule has 1 aromatic rings. The van der Waals surface area contributed by atoms with E-state index in [1.165, 1.54) is 37.8 Å². The molecule has 0 radical (unpaired) electrons. The Bertz CT molecular complexity index is 579. The Labute approximate surface area is 153 Å². The molecule has 0 saturated heterocycles. The van der Waals surface area contributed by atoms with Gasteiger partial charge in [-0.05, 0) is 38.9 Å². The molecule has 25 heavy (non-hydrogen) atoms. The van der Waals surface area contributed by atoms with Crippen LogP contribution < -0.4 is 10.6 Å². The van der Waals surface area contributed by atoms with E-state index in [1.54, 1.807) is 0 Å². The van der Waals surface area contributed by atoms with Crippen molar-refractivity contribution < 1.29 is 4.48 Å². The Morgan fingerprint density at radius 2 is 1.76 bits per heavy atom. The molecule has 0 spiro atoms. The molecule has 1 aliphatic rings. The summed E-state index contributed by atoms with van der Waals surface area (Å²) in [5.74, 6) is 0.941. The summed E-state index contributed by atoms with van der Waals surface area (Å²) >= 11 is 0. The summed E-state index contributed by atoms with van der Waals surface area (Å²) in [7, 11) is 2.02. The standard InChI is InChI=1S/C21H35N4/c1-5-7-8-9-13-16-25(6-2)18(3)17-20(24-21(25)22-4)23-19-14-11-10-12-15-19/h10-12,14-15,17,21-22H,5-9,13,16H2,1-4H3,(H,23,24)/q+1. The molecule has 0 aliphatic carbocycles. The van der Waals surface area contributed by atoms with Crippen LogP contribution in [0.3, 0.4) is 0 Å². The highest BCUT2D eigenvalue weighted by Gasteiger charge is 2.39. The number of rotatable bonds is 9. The normalized spacial score (nSPS) is 23.1. The third-order valence-corrected chi connectivity index (χ3v) is 5.31. The van der Waals surface area contributed by atoms with Crippen LogP contribution in [0.1, 0.15) is 52.9 Å². The van der Waals surface area contributed by atoms with Gasteiger partial charge in [-0.25, -0.2) is 0 Å². The highest BCUT2D eigenvalue weighted by Crippen LogP contribution is 2.27. The maximum atomic E-state index is 4.98. The van der Waals surface area contributed by atoms with Gasteiger partial charge in [0, 0.05) is 18.7 Å². The van der Waals surface area contributed by atoms with E-state index >= 15 is 0 Å². The van der Waals surface area contributed by atoms with E-state index in [-0.39, 0.29) is 6.29 Å². The van der Waals surface area contributed by atoms with Gasteiger partial charge in [-0.1, -0.05) is 44.4 Å². The molecule has 0 fully saturated rings. The number of benzene rings is 1. The smallest absolute Gasteiger partial charge is 0.246 e. The summed E-state index contributed by atoms with van der Waals surface area (Å²) in [4.78, 5) is 4.98. The van der Waals surface area contributed by atoms with Crippen molar-refractivity contribution in [3.8, 4) is 0 Å². The molecular weight excluding hydrogens is 308 g/mol. The van der Waals surface area contributed by atoms with Crippen molar-refractivity contribution >= 4 is 11.5 Å². The SMILES string of the molecule is CCCCCCC[N+]1(CC)C(C)=CC(Nc2ccccc2)=NC1NC. The first-order valence-corrected chi connectivity index (χ1v) is 9.79. The van der Waals surface area contributed by atoms with Gasteiger partial charge >= 0.3 is 0 Å². The molecule has 2 unspecified atom stereocenters. The van der Waals surface area contributed by atoms with Crippen molar-refractivity contribution in [3.05, 3.63) is 42.1 Å². The average molecular weight is 344 g/mol. The molecule has 0 bridgehead atoms. The van der Waals surface area contributed by atoms with Crippen molar-refractivity contribution in [2.75, 3.05) is 25.5 Å².